The molecule has 1 heterocycles. The predicted molar refractivity (Wildman–Crippen MR) is 53.7 cm³/mol. The molecule has 2 aromatic rings. The molecule has 0 fully saturated rings. The number of rotatable bonds is 0. The van der Waals surface area contributed by atoms with E-state index in [0.29, 0.717) is 16.5 Å². The average molecular weight is 205 g/mol. The van der Waals surface area contributed by atoms with Crippen LogP contribution in [0.4, 0.5) is 5.82 Å². The van der Waals surface area contributed by atoms with Gasteiger partial charge < -0.3 is 5.73 Å². The van der Waals surface area contributed by atoms with Crippen LogP contribution >= 0.6 is 11.6 Å². The summed E-state index contributed by atoms with van der Waals surface area (Å²) < 4.78 is 0. The molecule has 0 unspecified atom stereocenters. The topological polar surface area (TPSA) is 75.6 Å². The molecule has 2 N–H and O–H groups in total. The molecule has 68 valence electrons. The molecule has 0 saturated heterocycles. The first-order valence-electron chi connectivity index (χ1n) is 3.83. The fourth-order valence-electron chi connectivity index (χ4n) is 1.19. The predicted octanol–water partition coefficient (Wildman–Crippen LogP) is 1.74. The van der Waals surface area contributed by atoms with E-state index in [-0.39, 0.29) is 11.1 Å². The summed E-state index contributed by atoms with van der Waals surface area (Å²) in [7, 11) is 0. The molecule has 0 aliphatic heterocycles. The third-order valence-corrected chi connectivity index (χ3v) is 2.00. The van der Waals surface area contributed by atoms with Gasteiger partial charge in [0, 0.05) is 5.39 Å². The van der Waals surface area contributed by atoms with Gasteiger partial charge in [0.05, 0.1) is 17.1 Å². The van der Waals surface area contributed by atoms with Crippen molar-refractivity contribution in [2.75, 3.05) is 5.73 Å². The third-order valence-electron chi connectivity index (χ3n) is 1.83. The molecule has 0 radical (unpaired) electrons. The summed E-state index contributed by atoms with van der Waals surface area (Å²) in [6.45, 7) is 0. The maximum Gasteiger partial charge on any atom is 0.224 e. The van der Waals surface area contributed by atoms with Gasteiger partial charge in [-0.25, -0.2) is 9.97 Å². The summed E-state index contributed by atoms with van der Waals surface area (Å²) in [6, 6.07) is 7.01. The highest BCUT2D eigenvalue weighted by Gasteiger charge is 2.04. The molecule has 2 rings (SSSR count). The van der Waals surface area contributed by atoms with E-state index in [2.05, 4.69) is 9.97 Å². The Morgan fingerprint density at radius 3 is 2.86 bits per heavy atom. The molecular weight excluding hydrogens is 200 g/mol. The van der Waals surface area contributed by atoms with Gasteiger partial charge in [0.25, 0.3) is 0 Å². The number of hydrogen-bond donors (Lipinski definition) is 1. The van der Waals surface area contributed by atoms with E-state index in [0.717, 1.165) is 0 Å². The van der Waals surface area contributed by atoms with Crippen molar-refractivity contribution in [1.29, 1.82) is 5.26 Å². The average Bonchev–Trinajstić information content (AvgIpc) is 2.17. The molecule has 0 bridgehead atoms. The standard InChI is InChI=1S/C9H5ClN4/c10-9-13-7-2-1-5(4-11)3-6(7)8(12)14-9/h1-3H,(H2,12,13,14). The SMILES string of the molecule is N#Cc1ccc2nc(Cl)nc(N)c2c1. The van der Waals surface area contributed by atoms with Crippen molar-refractivity contribution < 1.29 is 0 Å². The van der Waals surface area contributed by atoms with E-state index in [9.17, 15) is 0 Å². The summed E-state index contributed by atoms with van der Waals surface area (Å²) in [5, 5.41) is 9.44. The number of fused-ring (bicyclic) bond motifs is 1. The highest BCUT2D eigenvalue weighted by Crippen LogP contribution is 2.20. The van der Waals surface area contributed by atoms with E-state index in [4.69, 9.17) is 22.6 Å². The molecule has 0 aliphatic rings. The molecule has 0 spiro atoms. The van der Waals surface area contributed by atoms with Gasteiger partial charge >= 0.3 is 0 Å². The third kappa shape index (κ3) is 1.34. The van der Waals surface area contributed by atoms with Gasteiger partial charge in [-0.2, -0.15) is 5.26 Å². The van der Waals surface area contributed by atoms with E-state index in [1.165, 1.54) is 0 Å². The lowest BCUT2D eigenvalue weighted by atomic mass is 10.1. The number of aromatic nitrogens is 2. The summed E-state index contributed by atoms with van der Waals surface area (Å²) >= 11 is 5.63. The lowest BCUT2D eigenvalue weighted by Gasteiger charge is -2.00. The van der Waals surface area contributed by atoms with Crippen LogP contribution in [-0.2, 0) is 0 Å². The number of nitrogens with two attached hydrogens (primary N) is 1. The van der Waals surface area contributed by atoms with Gasteiger partial charge in [-0.3, -0.25) is 0 Å². The number of nitriles is 1. The zero-order valence-corrected chi connectivity index (χ0v) is 7.78. The smallest absolute Gasteiger partial charge is 0.224 e. The van der Waals surface area contributed by atoms with Crippen LogP contribution in [0.1, 0.15) is 5.56 Å². The Kier molecular flexibility index (Phi) is 1.95. The van der Waals surface area contributed by atoms with Crippen molar-refractivity contribution in [1.82, 2.24) is 9.97 Å². The van der Waals surface area contributed by atoms with Crippen LogP contribution in [0.25, 0.3) is 10.9 Å². The zero-order chi connectivity index (χ0) is 10.1. The fraction of sp³-hybridized carbons (Fsp3) is 0. The molecule has 0 atom stereocenters. The molecule has 5 heteroatoms. The number of nitrogen functional groups attached to an aromatic ring is 1. The number of halogens is 1. The molecule has 14 heavy (non-hydrogen) atoms. The fourth-order valence-corrected chi connectivity index (χ4v) is 1.37. The number of nitrogens with zero attached hydrogens (tertiary/aromatic N) is 3. The number of anilines is 1. The van der Waals surface area contributed by atoms with Gasteiger partial charge in [-0.15, -0.1) is 0 Å². The zero-order valence-electron chi connectivity index (χ0n) is 7.03. The quantitative estimate of drug-likeness (QED) is 0.664. The maximum absolute atomic E-state index is 8.68. The van der Waals surface area contributed by atoms with Crippen molar-refractivity contribution in [3.8, 4) is 6.07 Å². The lowest BCUT2D eigenvalue weighted by Crippen LogP contribution is -1.95. The molecule has 0 saturated carbocycles. The minimum absolute atomic E-state index is 0.111. The Hall–Kier alpha value is -1.86. The van der Waals surface area contributed by atoms with E-state index < -0.39 is 0 Å². The number of benzene rings is 1. The summed E-state index contributed by atoms with van der Waals surface area (Å²) in [5.41, 5.74) is 6.80. The Morgan fingerprint density at radius 2 is 2.14 bits per heavy atom. The van der Waals surface area contributed by atoms with Crippen molar-refractivity contribution in [2.24, 2.45) is 0 Å². The van der Waals surface area contributed by atoms with Crippen LogP contribution < -0.4 is 5.73 Å². The molecule has 0 amide bonds. The van der Waals surface area contributed by atoms with Gasteiger partial charge in [0.1, 0.15) is 5.82 Å². The van der Waals surface area contributed by atoms with E-state index in [1.807, 2.05) is 6.07 Å². The normalized spacial score (nSPS) is 10.0. The summed E-state index contributed by atoms with van der Waals surface area (Å²) in [5.74, 6) is 0.289. The molecular formula is C9H5ClN4. The summed E-state index contributed by atoms with van der Waals surface area (Å²) in [4.78, 5) is 7.78. The minimum atomic E-state index is 0.111. The maximum atomic E-state index is 8.68. The monoisotopic (exact) mass is 204 g/mol. The molecule has 1 aromatic carbocycles. The number of hydrogen-bond acceptors (Lipinski definition) is 4. The molecule has 1 aromatic heterocycles. The van der Waals surface area contributed by atoms with Gasteiger partial charge in [-0.05, 0) is 29.8 Å². The van der Waals surface area contributed by atoms with Gasteiger partial charge in [0.15, 0.2) is 0 Å². The van der Waals surface area contributed by atoms with Crippen LogP contribution in [0.2, 0.25) is 5.28 Å². The van der Waals surface area contributed by atoms with Gasteiger partial charge in [0.2, 0.25) is 5.28 Å². The second-order valence-electron chi connectivity index (χ2n) is 2.72. The highest BCUT2D eigenvalue weighted by atomic mass is 35.5. The van der Waals surface area contributed by atoms with Crippen LogP contribution in [0.5, 0.6) is 0 Å². The van der Waals surface area contributed by atoms with Crippen LogP contribution in [0.15, 0.2) is 18.2 Å². The largest absolute Gasteiger partial charge is 0.383 e. The van der Waals surface area contributed by atoms with Gasteiger partial charge in [-0.1, -0.05) is 0 Å². The first-order chi connectivity index (χ1) is 6.70. The van der Waals surface area contributed by atoms with E-state index in [1.54, 1.807) is 18.2 Å². The Labute approximate surface area is 85.0 Å². The highest BCUT2D eigenvalue weighted by molar-refractivity contribution is 6.28. The van der Waals surface area contributed by atoms with Crippen LogP contribution in [-0.4, -0.2) is 9.97 Å². The summed E-state index contributed by atoms with van der Waals surface area (Å²) in [6.07, 6.45) is 0. The van der Waals surface area contributed by atoms with Crippen molar-refractivity contribution in [2.45, 2.75) is 0 Å². The first-order valence-corrected chi connectivity index (χ1v) is 4.21. The molecule has 4 nitrogen and oxygen atoms in total. The Balaban J connectivity index is 2.84. The van der Waals surface area contributed by atoms with Crippen molar-refractivity contribution in [3.63, 3.8) is 0 Å². The second kappa shape index (κ2) is 3.13. The van der Waals surface area contributed by atoms with Crippen molar-refractivity contribution >= 4 is 28.3 Å². The van der Waals surface area contributed by atoms with Crippen molar-refractivity contribution in [3.05, 3.63) is 29.0 Å². The van der Waals surface area contributed by atoms with Crippen LogP contribution in [0.3, 0.4) is 0 Å². The first kappa shape index (κ1) is 8.73. The van der Waals surface area contributed by atoms with Crippen LogP contribution in [0, 0.1) is 11.3 Å². The minimum Gasteiger partial charge on any atom is -0.383 e. The van der Waals surface area contributed by atoms with E-state index >= 15 is 0 Å². The molecule has 0 aliphatic carbocycles. The lowest BCUT2D eigenvalue weighted by molar-refractivity contribution is 1.23. The second-order valence-corrected chi connectivity index (χ2v) is 3.06. The Morgan fingerprint density at radius 1 is 1.36 bits per heavy atom. The Bertz CT molecular complexity index is 544.